The van der Waals surface area contributed by atoms with Gasteiger partial charge in [0.05, 0.1) is 5.39 Å². The third kappa shape index (κ3) is 2.22. The fourth-order valence-corrected chi connectivity index (χ4v) is 5.75. The summed E-state index contributed by atoms with van der Waals surface area (Å²) in [5, 5.41) is 8.08. The Balaban J connectivity index is 1.75. The van der Waals surface area contributed by atoms with Crippen molar-refractivity contribution in [1.82, 2.24) is 15.3 Å². The maximum Gasteiger partial charge on any atom is 0.138 e. The van der Waals surface area contributed by atoms with Gasteiger partial charge in [-0.2, -0.15) is 0 Å². The van der Waals surface area contributed by atoms with Crippen LogP contribution in [-0.4, -0.2) is 30.1 Å². The van der Waals surface area contributed by atoms with Gasteiger partial charge in [0.25, 0.3) is 0 Å². The van der Waals surface area contributed by atoms with Crippen molar-refractivity contribution in [3.8, 4) is 0 Å². The predicted molar refractivity (Wildman–Crippen MR) is 92.8 cm³/mol. The van der Waals surface area contributed by atoms with E-state index in [1.54, 1.807) is 16.8 Å². The quantitative estimate of drug-likeness (QED) is 0.909. The van der Waals surface area contributed by atoms with Crippen molar-refractivity contribution in [3.05, 3.63) is 16.8 Å². The Kier molecular flexibility index (Phi) is 3.78. The van der Waals surface area contributed by atoms with Gasteiger partial charge in [-0.05, 0) is 56.6 Å². The fraction of sp³-hybridized carbons (Fsp3) is 0.647. The molecule has 0 spiro atoms. The molecule has 22 heavy (non-hydrogen) atoms. The number of thiophene rings is 1. The molecule has 118 valence electrons. The molecule has 1 fully saturated rings. The molecule has 0 amide bonds. The zero-order valence-electron chi connectivity index (χ0n) is 13.4. The van der Waals surface area contributed by atoms with Crippen molar-refractivity contribution in [2.24, 2.45) is 5.92 Å². The molecular weight excluding hydrogens is 292 g/mol. The van der Waals surface area contributed by atoms with Gasteiger partial charge in [0.2, 0.25) is 0 Å². The van der Waals surface area contributed by atoms with E-state index in [4.69, 9.17) is 0 Å². The average Bonchev–Trinajstić information content (AvgIpc) is 3.13. The Morgan fingerprint density at radius 2 is 2.09 bits per heavy atom. The monoisotopic (exact) mass is 316 g/mol. The number of nitrogens with one attached hydrogen (secondary N) is 2. The second kappa shape index (κ2) is 5.78. The van der Waals surface area contributed by atoms with Crippen LogP contribution >= 0.6 is 11.3 Å². The number of hydrogen-bond donors (Lipinski definition) is 2. The van der Waals surface area contributed by atoms with Crippen LogP contribution in [0.15, 0.2) is 6.33 Å². The molecule has 4 nitrogen and oxygen atoms in total. The summed E-state index contributed by atoms with van der Waals surface area (Å²) in [6, 6.07) is 0.702. The Hall–Kier alpha value is -1.20. The number of nitrogens with zero attached hydrogens (tertiary/aromatic N) is 2. The number of anilines is 1. The molecule has 3 atom stereocenters. The molecule has 0 radical (unpaired) electrons. The van der Waals surface area contributed by atoms with E-state index in [2.05, 4.69) is 27.6 Å². The van der Waals surface area contributed by atoms with Crippen LogP contribution in [-0.2, 0) is 6.42 Å². The number of aromatic nitrogens is 2. The summed E-state index contributed by atoms with van der Waals surface area (Å²) in [5.74, 6) is 2.53. The van der Waals surface area contributed by atoms with Gasteiger partial charge in [-0.1, -0.05) is 6.42 Å². The van der Waals surface area contributed by atoms with Gasteiger partial charge < -0.3 is 10.6 Å². The van der Waals surface area contributed by atoms with Gasteiger partial charge in [0.15, 0.2) is 0 Å². The van der Waals surface area contributed by atoms with Gasteiger partial charge in [0.1, 0.15) is 17.0 Å². The summed E-state index contributed by atoms with van der Waals surface area (Å²) in [7, 11) is 4.08. The SMILES string of the molecule is CNc1ncnc2sc3c(c12)C(C1CCC[C@H](NC)C1)CC3. The minimum atomic E-state index is 0.702. The summed E-state index contributed by atoms with van der Waals surface area (Å²) in [6.45, 7) is 0. The fourth-order valence-electron chi connectivity index (χ4n) is 4.53. The molecule has 2 aromatic rings. The first-order valence-electron chi connectivity index (χ1n) is 8.43. The van der Waals surface area contributed by atoms with Crippen LogP contribution in [0, 0.1) is 5.92 Å². The second-order valence-electron chi connectivity index (χ2n) is 6.65. The normalized spacial score (nSPS) is 28.0. The predicted octanol–water partition coefficient (Wildman–Crippen LogP) is 3.54. The van der Waals surface area contributed by atoms with Crippen LogP contribution in [0.25, 0.3) is 10.2 Å². The van der Waals surface area contributed by atoms with Crippen LogP contribution < -0.4 is 10.6 Å². The van der Waals surface area contributed by atoms with Gasteiger partial charge >= 0.3 is 0 Å². The Bertz CT molecular complexity index is 681. The van der Waals surface area contributed by atoms with Crippen molar-refractivity contribution >= 4 is 27.4 Å². The highest BCUT2D eigenvalue weighted by Crippen LogP contribution is 2.50. The van der Waals surface area contributed by atoms with Crippen molar-refractivity contribution < 1.29 is 0 Å². The largest absolute Gasteiger partial charge is 0.372 e. The standard InChI is InChI=1S/C17H24N4S/c1-18-11-5-3-4-10(8-11)12-6-7-13-14(12)15-16(19-2)20-9-21-17(15)22-13/h9-12,18H,3-8H2,1-2H3,(H,19,20,21)/t10?,11-,12?/m0/s1. The first-order valence-corrected chi connectivity index (χ1v) is 9.24. The van der Waals surface area contributed by atoms with Crippen molar-refractivity contribution in [2.75, 3.05) is 19.4 Å². The van der Waals surface area contributed by atoms with E-state index in [9.17, 15) is 0 Å². The van der Waals surface area contributed by atoms with Crippen molar-refractivity contribution in [1.29, 1.82) is 0 Å². The van der Waals surface area contributed by atoms with E-state index in [0.29, 0.717) is 12.0 Å². The molecule has 5 heteroatoms. The third-order valence-electron chi connectivity index (χ3n) is 5.58. The van der Waals surface area contributed by atoms with Crippen LogP contribution in [0.1, 0.15) is 48.5 Å². The summed E-state index contributed by atoms with van der Waals surface area (Å²) in [5.41, 5.74) is 1.58. The molecular formula is C17H24N4S. The molecule has 0 saturated heterocycles. The molecule has 4 rings (SSSR count). The molecule has 2 aliphatic carbocycles. The van der Waals surface area contributed by atoms with Crippen LogP contribution in [0.2, 0.25) is 0 Å². The van der Waals surface area contributed by atoms with E-state index < -0.39 is 0 Å². The Morgan fingerprint density at radius 3 is 2.91 bits per heavy atom. The van der Waals surface area contributed by atoms with Gasteiger partial charge in [-0.25, -0.2) is 9.97 Å². The molecule has 2 N–H and O–H groups in total. The molecule has 2 aliphatic rings. The molecule has 0 aliphatic heterocycles. The summed E-state index contributed by atoms with van der Waals surface area (Å²) >= 11 is 1.88. The lowest BCUT2D eigenvalue weighted by Crippen LogP contribution is -2.33. The topological polar surface area (TPSA) is 49.8 Å². The van der Waals surface area contributed by atoms with Crippen LogP contribution in [0.3, 0.4) is 0 Å². The molecule has 2 aromatic heterocycles. The zero-order valence-corrected chi connectivity index (χ0v) is 14.2. The van der Waals surface area contributed by atoms with E-state index in [-0.39, 0.29) is 0 Å². The highest BCUT2D eigenvalue weighted by Gasteiger charge is 2.36. The smallest absolute Gasteiger partial charge is 0.138 e. The van der Waals surface area contributed by atoms with E-state index in [1.807, 2.05) is 18.4 Å². The van der Waals surface area contributed by atoms with E-state index in [1.165, 1.54) is 43.9 Å². The molecule has 2 heterocycles. The van der Waals surface area contributed by atoms with Crippen LogP contribution in [0.5, 0.6) is 0 Å². The van der Waals surface area contributed by atoms with Crippen LogP contribution in [0.4, 0.5) is 5.82 Å². The Morgan fingerprint density at radius 1 is 1.18 bits per heavy atom. The maximum atomic E-state index is 4.52. The highest BCUT2D eigenvalue weighted by atomic mass is 32.1. The molecule has 2 unspecified atom stereocenters. The summed E-state index contributed by atoms with van der Waals surface area (Å²) < 4.78 is 0. The van der Waals surface area contributed by atoms with E-state index in [0.717, 1.165) is 16.6 Å². The minimum absolute atomic E-state index is 0.702. The van der Waals surface area contributed by atoms with E-state index >= 15 is 0 Å². The lowest BCUT2D eigenvalue weighted by atomic mass is 9.75. The maximum absolute atomic E-state index is 4.52. The number of hydrogen-bond acceptors (Lipinski definition) is 5. The van der Waals surface area contributed by atoms with Gasteiger partial charge in [-0.15, -0.1) is 11.3 Å². The minimum Gasteiger partial charge on any atom is -0.372 e. The second-order valence-corrected chi connectivity index (χ2v) is 7.73. The van der Waals surface area contributed by atoms with Gasteiger partial charge in [-0.3, -0.25) is 0 Å². The lowest BCUT2D eigenvalue weighted by Gasteiger charge is -2.33. The lowest BCUT2D eigenvalue weighted by molar-refractivity contribution is 0.257. The van der Waals surface area contributed by atoms with Crippen molar-refractivity contribution in [3.63, 3.8) is 0 Å². The molecule has 1 saturated carbocycles. The first kappa shape index (κ1) is 14.4. The highest BCUT2D eigenvalue weighted by molar-refractivity contribution is 7.19. The number of fused-ring (bicyclic) bond motifs is 3. The summed E-state index contributed by atoms with van der Waals surface area (Å²) in [6.07, 6.45) is 9.62. The summed E-state index contributed by atoms with van der Waals surface area (Å²) in [4.78, 5) is 11.7. The van der Waals surface area contributed by atoms with Gasteiger partial charge in [0, 0.05) is 18.0 Å². The number of aryl methyl sites for hydroxylation is 1. The third-order valence-corrected chi connectivity index (χ3v) is 6.76. The number of rotatable bonds is 3. The average molecular weight is 316 g/mol. The zero-order chi connectivity index (χ0) is 15.1. The first-order chi connectivity index (χ1) is 10.8. The molecule has 0 aromatic carbocycles. The Labute approximate surface area is 135 Å². The van der Waals surface area contributed by atoms with Crippen molar-refractivity contribution in [2.45, 2.75) is 50.5 Å². The molecule has 0 bridgehead atoms.